The number of halogens is 1. The molecule has 0 radical (unpaired) electrons. The summed E-state index contributed by atoms with van der Waals surface area (Å²) in [7, 11) is 0. The average molecular weight is 237 g/mol. The molecule has 0 spiro atoms. The first kappa shape index (κ1) is 11.9. The van der Waals surface area contributed by atoms with Crippen molar-refractivity contribution < 1.29 is 9.18 Å². The lowest BCUT2D eigenvalue weighted by atomic mass is 10.3. The Kier molecular flexibility index (Phi) is 3.93. The fraction of sp³-hybridized carbons (Fsp3) is 0.417. The van der Waals surface area contributed by atoms with Crippen LogP contribution in [0.1, 0.15) is 12.8 Å². The Bertz CT molecular complexity index is 393. The Labute approximate surface area is 99.6 Å². The van der Waals surface area contributed by atoms with Gasteiger partial charge in [-0.15, -0.1) is 0 Å². The summed E-state index contributed by atoms with van der Waals surface area (Å²) in [5.74, 6) is -0.363. The van der Waals surface area contributed by atoms with Crippen molar-refractivity contribution in [2.24, 2.45) is 0 Å². The van der Waals surface area contributed by atoms with E-state index in [1.54, 1.807) is 12.1 Å². The Balaban J connectivity index is 1.65. The Morgan fingerprint density at radius 2 is 2.18 bits per heavy atom. The fourth-order valence-corrected chi connectivity index (χ4v) is 1.48. The molecule has 17 heavy (non-hydrogen) atoms. The van der Waals surface area contributed by atoms with E-state index in [0.29, 0.717) is 18.3 Å². The van der Waals surface area contributed by atoms with Crippen molar-refractivity contribution in [2.75, 3.05) is 18.4 Å². The Morgan fingerprint density at radius 3 is 2.88 bits per heavy atom. The molecule has 1 aliphatic carbocycles. The minimum atomic E-state index is -0.363. The first-order valence-corrected chi connectivity index (χ1v) is 5.78. The van der Waals surface area contributed by atoms with Gasteiger partial charge in [0.1, 0.15) is 5.82 Å². The predicted molar refractivity (Wildman–Crippen MR) is 64.4 cm³/mol. The maximum atomic E-state index is 12.8. The van der Waals surface area contributed by atoms with E-state index in [0.717, 1.165) is 6.54 Å². The van der Waals surface area contributed by atoms with E-state index < -0.39 is 0 Å². The highest BCUT2D eigenvalue weighted by molar-refractivity contribution is 5.89. The molecule has 2 rings (SSSR count). The summed E-state index contributed by atoms with van der Waals surface area (Å²) < 4.78 is 12.8. The van der Waals surface area contributed by atoms with E-state index in [1.807, 2.05) is 0 Å². The number of urea groups is 1. The van der Waals surface area contributed by atoms with E-state index in [9.17, 15) is 9.18 Å². The molecule has 0 atom stereocenters. The predicted octanol–water partition coefficient (Wildman–Crippen LogP) is 1.70. The highest BCUT2D eigenvalue weighted by atomic mass is 19.1. The summed E-state index contributed by atoms with van der Waals surface area (Å²) in [6.45, 7) is 1.33. The molecule has 1 aliphatic rings. The minimum Gasteiger partial charge on any atom is -0.337 e. The third-order valence-corrected chi connectivity index (χ3v) is 2.50. The molecule has 1 saturated carbocycles. The second kappa shape index (κ2) is 5.63. The summed E-state index contributed by atoms with van der Waals surface area (Å²) in [4.78, 5) is 11.4. The monoisotopic (exact) mass is 237 g/mol. The Morgan fingerprint density at radius 1 is 1.35 bits per heavy atom. The second-order valence-electron chi connectivity index (χ2n) is 4.12. The molecule has 0 aromatic heterocycles. The summed E-state index contributed by atoms with van der Waals surface area (Å²) >= 11 is 0. The van der Waals surface area contributed by atoms with Gasteiger partial charge in [-0.2, -0.15) is 0 Å². The van der Waals surface area contributed by atoms with Crippen molar-refractivity contribution in [1.29, 1.82) is 0 Å². The lowest BCUT2D eigenvalue weighted by molar-refractivity contribution is 0.252. The maximum absolute atomic E-state index is 12.8. The normalized spacial score (nSPS) is 14.4. The van der Waals surface area contributed by atoms with Crippen LogP contribution in [-0.4, -0.2) is 25.2 Å². The first-order chi connectivity index (χ1) is 8.24. The zero-order valence-electron chi connectivity index (χ0n) is 9.50. The van der Waals surface area contributed by atoms with Gasteiger partial charge in [0.15, 0.2) is 0 Å². The van der Waals surface area contributed by atoms with Crippen molar-refractivity contribution >= 4 is 11.7 Å². The van der Waals surface area contributed by atoms with Crippen molar-refractivity contribution in [2.45, 2.75) is 18.9 Å². The van der Waals surface area contributed by atoms with Crippen molar-refractivity contribution in [3.63, 3.8) is 0 Å². The number of hydrogen-bond donors (Lipinski definition) is 3. The molecule has 92 valence electrons. The van der Waals surface area contributed by atoms with Gasteiger partial charge in [0.25, 0.3) is 0 Å². The van der Waals surface area contributed by atoms with E-state index in [-0.39, 0.29) is 11.8 Å². The topological polar surface area (TPSA) is 53.2 Å². The molecular weight excluding hydrogens is 221 g/mol. The van der Waals surface area contributed by atoms with Gasteiger partial charge in [-0.05, 0) is 31.0 Å². The van der Waals surface area contributed by atoms with E-state index >= 15 is 0 Å². The van der Waals surface area contributed by atoms with Crippen LogP contribution in [0.4, 0.5) is 14.9 Å². The molecule has 0 saturated heterocycles. The summed E-state index contributed by atoms with van der Waals surface area (Å²) in [6.07, 6.45) is 2.46. The van der Waals surface area contributed by atoms with Gasteiger partial charge in [-0.1, -0.05) is 6.07 Å². The number of carbonyl (C=O) groups is 1. The maximum Gasteiger partial charge on any atom is 0.319 e. The molecule has 0 bridgehead atoms. The molecule has 1 aromatic carbocycles. The molecule has 2 amide bonds. The zero-order valence-corrected chi connectivity index (χ0v) is 9.50. The van der Waals surface area contributed by atoms with Crippen LogP contribution in [0.15, 0.2) is 24.3 Å². The van der Waals surface area contributed by atoms with Crippen LogP contribution in [0.2, 0.25) is 0 Å². The van der Waals surface area contributed by atoms with Crippen LogP contribution in [0.3, 0.4) is 0 Å². The van der Waals surface area contributed by atoms with Gasteiger partial charge in [-0.25, -0.2) is 9.18 Å². The lowest BCUT2D eigenvalue weighted by Gasteiger charge is -2.08. The Hall–Kier alpha value is -1.62. The van der Waals surface area contributed by atoms with Crippen LogP contribution in [-0.2, 0) is 0 Å². The van der Waals surface area contributed by atoms with E-state index in [4.69, 9.17) is 0 Å². The third kappa shape index (κ3) is 4.40. The van der Waals surface area contributed by atoms with Crippen molar-refractivity contribution in [3.8, 4) is 0 Å². The van der Waals surface area contributed by atoms with Crippen molar-refractivity contribution in [3.05, 3.63) is 30.1 Å². The van der Waals surface area contributed by atoms with Crippen LogP contribution < -0.4 is 16.0 Å². The van der Waals surface area contributed by atoms with Gasteiger partial charge < -0.3 is 16.0 Å². The summed E-state index contributed by atoms with van der Waals surface area (Å²) in [5, 5.41) is 8.55. The van der Waals surface area contributed by atoms with Crippen LogP contribution in [0.25, 0.3) is 0 Å². The largest absolute Gasteiger partial charge is 0.337 e. The molecule has 1 fully saturated rings. The molecule has 0 heterocycles. The summed E-state index contributed by atoms with van der Waals surface area (Å²) in [5.41, 5.74) is 0.456. The standard InChI is InChI=1S/C12H16FN3O/c13-9-2-1-3-11(8-9)16-12(17)15-7-6-14-10-4-5-10/h1-3,8,10,14H,4-7H2,(H2,15,16,17). The molecule has 4 nitrogen and oxygen atoms in total. The molecule has 1 aromatic rings. The smallest absolute Gasteiger partial charge is 0.319 e. The number of benzene rings is 1. The number of nitrogens with one attached hydrogen (secondary N) is 3. The summed E-state index contributed by atoms with van der Waals surface area (Å²) in [6, 6.07) is 6.14. The molecular formula is C12H16FN3O. The van der Waals surface area contributed by atoms with E-state index in [1.165, 1.54) is 25.0 Å². The van der Waals surface area contributed by atoms with Gasteiger partial charge in [0.2, 0.25) is 0 Å². The zero-order chi connectivity index (χ0) is 12.1. The second-order valence-corrected chi connectivity index (χ2v) is 4.12. The highest BCUT2D eigenvalue weighted by Gasteiger charge is 2.19. The molecule has 5 heteroatoms. The van der Waals surface area contributed by atoms with Crippen LogP contribution in [0.5, 0.6) is 0 Å². The van der Waals surface area contributed by atoms with Gasteiger partial charge >= 0.3 is 6.03 Å². The molecule has 3 N–H and O–H groups in total. The van der Waals surface area contributed by atoms with Crippen LogP contribution >= 0.6 is 0 Å². The minimum absolute atomic E-state index is 0.312. The molecule has 0 unspecified atom stereocenters. The fourth-order valence-electron chi connectivity index (χ4n) is 1.48. The molecule has 0 aliphatic heterocycles. The quantitative estimate of drug-likeness (QED) is 0.683. The number of hydrogen-bond acceptors (Lipinski definition) is 2. The number of rotatable bonds is 5. The van der Waals surface area contributed by atoms with Gasteiger partial charge in [0, 0.05) is 24.8 Å². The number of anilines is 1. The average Bonchev–Trinajstić information content (AvgIpc) is 3.08. The third-order valence-electron chi connectivity index (χ3n) is 2.50. The number of carbonyl (C=O) groups excluding carboxylic acids is 1. The lowest BCUT2D eigenvalue weighted by Crippen LogP contribution is -2.35. The highest BCUT2D eigenvalue weighted by Crippen LogP contribution is 2.17. The van der Waals surface area contributed by atoms with Crippen molar-refractivity contribution in [1.82, 2.24) is 10.6 Å². The first-order valence-electron chi connectivity index (χ1n) is 5.78. The van der Waals surface area contributed by atoms with Crippen LogP contribution in [0, 0.1) is 5.82 Å². The SMILES string of the molecule is O=C(NCCNC1CC1)Nc1cccc(F)c1. The van der Waals surface area contributed by atoms with Gasteiger partial charge in [0.05, 0.1) is 0 Å². The van der Waals surface area contributed by atoms with Gasteiger partial charge in [-0.3, -0.25) is 0 Å². The number of amides is 2. The van der Waals surface area contributed by atoms with E-state index in [2.05, 4.69) is 16.0 Å².